The predicted octanol–water partition coefficient (Wildman–Crippen LogP) is 1.67. The van der Waals surface area contributed by atoms with Gasteiger partial charge >= 0.3 is 5.97 Å². The van der Waals surface area contributed by atoms with Gasteiger partial charge in [0.15, 0.2) is 0 Å². The van der Waals surface area contributed by atoms with Gasteiger partial charge in [-0.3, -0.25) is 4.79 Å². The summed E-state index contributed by atoms with van der Waals surface area (Å²) in [5.74, 6) is -0.592. The summed E-state index contributed by atoms with van der Waals surface area (Å²) in [6, 6.07) is 3.07. The second-order valence-electron chi connectivity index (χ2n) is 3.53. The molecule has 2 aromatic heterocycles. The Morgan fingerprint density at radius 3 is 2.82 bits per heavy atom. The topological polar surface area (TPSA) is 72.1 Å². The summed E-state index contributed by atoms with van der Waals surface area (Å²) in [5, 5.41) is 0.0517. The third kappa shape index (κ3) is 2.01. The zero-order valence-corrected chi connectivity index (χ0v) is 9.96. The van der Waals surface area contributed by atoms with Crippen LogP contribution in [0.25, 0.3) is 11.0 Å². The number of nitrogens with one attached hydrogen (secondary N) is 1. The normalized spacial score (nSPS) is 10.5. The molecule has 6 heteroatoms. The van der Waals surface area contributed by atoms with Gasteiger partial charge in [0, 0.05) is 5.56 Å². The molecule has 0 spiro atoms. The molecule has 0 aromatic carbocycles. The summed E-state index contributed by atoms with van der Waals surface area (Å²) in [5.41, 5.74) is 1.41. The Hall–Kier alpha value is -1.88. The van der Waals surface area contributed by atoms with Crippen LogP contribution in [-0.2, 0) is 4.74 Å². The molecule has 0 saturated heterocycles. The van der Waals surface area contributed by atoms with Crippen molar-refractivity contribution in [2.75, 3.05) is 7.11 Å². The molecule has 0 fully saturated rings. The van der Waals surface area contributed by atoms with Gasteiger partial charge in [0.05, 0.1) is 23.7 Å². The van der Waals surface area contributed by atoms with Crippen molar-refractivity contribution >= 4 is 28.6 Å². The molecule has 0 unspecified atom stereocenters. The summed E-state index contributed by atoms with van der Waals surface area (Å²) in [6.45, 7) is 1.67. The van der Waals surface area contributed by atoms with E-state index in [1.165, 1.54) is 13.2 Å². The SMILES string of the molecule is COC(=O)c1cc2[nH]c(=O)c(C)cc2nc1Cl. The second-order valence-corrected chi connectivity index (χ2v) is 3.89. The van der Waals surface area contributed by atoms with Crippen LogP contribution in [0.3, 0.4) is 0 Å². The first-order chi connectivity index (χ1) is 8.02. The van der Waals surface area contributed by atoms with Crippen LogP contribution in [0.4, 0.5) is 0 Å². The van der Waals surface area contributed by atoms with E-state index in [2.05, 4.69) is 14.7 Å². The van der Waals surface area contributed by atoms with E-state index in [-0.39, 0.29) is 16.3 Å². The fourth-order valence-electron chi connectivity index (χ4n) is 1.46. The maximum Gasteiger partial charge on any atom is 0.341 e. The first-order valence-electron chi connectivity index (χ1n) is 4.81. The summed E-state index contributed by atoms with van der Waals surface area (Å²) in [4.78, 5) is 29.5. The van der Waals surface area contributed by atoms with E-state index in [0.717, 1.165) is 0 Å². The molecule has 1 N–H and O–H groups in total. The number of hydrogen-bond donors (Lipinski definition) is 1. The summed E-state index contributed by atoms with van der Waals surface area (Å²) < 4.78 is 4.56. The Morgan fingerprint density at radius 2 is 2.18 bits per heavy atom. The van der Waals surface area contributed by atoms with Gasteiger partial charge in [-0.05, 0) is 19.1 Å². The number of fused-ring (bicyclic) bond motifs is 1. The molecule has 0 radical (unpaired) electrons. The predicted molar refractivity (Wildman–Crippen MR) is 63.5 cm³/mol. The van der Waals surface area contributed by atoms with Crippen LogP contribution < -0.4 is 5.56 Å². The molecule has 0 aliphatic heterocycles. The van der Waals surface area contributed by atoms with Gasteiger partial charge in [-0.25, -0.2) is 9.78 Å². The highest BCUT2D eigenvalue weighted by Crippen LogP contribution is 2.19. The van der Waals surface area contributed by atoms with E-state index in [4.69, 9.17) is 11.6 Å². The summed E-state index contributed by atoms with van der Waals surface area (Å²) in [7, 11) is 1.25. The number of pyridine rings is 2. The largest absolute Gasteiger partial charge is 0.465 e. The summed E-state index contributed by atoms with van der Waals surface area (Å²) >= 11 is 5.87. The number of aromatic nitrogens is 2. The number of nitrogens with zero attached hydrogens (tertiary/aromatic N) is 1. The van der Waals surface area contributed by atoms with Crippen molar-refractivity contribution in [3.8, 4) is 0 Å². The fourth-order valence-corrected chi connectivity index (χ4v) is 1.68. The molecule has 2 rings (SSSR count). The molecular formula is C11H9ClN2O3. The van der Waals surface area contributed by atoms with E-state index < -0.39 is 5.97 Å². The number of carbonyl (C=O) groups excluding carboxylic acids is 1. The number of aryl methyl sites for hydroxylation is 1. The summed E-state index contributed by atoms with van der Waals surface area (Å²) in [6.07, 6.45) is 0. The first kappa shape index (κ1) is 11.6. The minimum atomic E-state index is -0.592. The monoisotopic (exact) mass is 252 g/mol. The van der Waals surface area contributed by atoms with Gasteiger partial charge in [-0.2, -0.15) is 0 Å². The standard InChI is InChI=1S/C11H9ClN2O3/c1-5-3-7-8(14-10(5)15)4-6(9(12)13-7)11(16)17-2/h3-4H,1-2H3,(H,14,15). The van der Waals surface area contributed by atoms with Crippen molar-refractivity contribution in [2.24, 2.45) is 0 Å². The molecule has 17 heavy (non-hydrogen) atoms. The molecule has 0 atom stereocenters. The average molecular weight is 253 g/mol. The maximum atomic E-state index is 11.4. The van der Waals surface area contributed by atoms with Crippen LogP contribution in [-0.4, -0.2) is 23.0 Å². The van der Waals surface area contributed by atoms with Crippen LogP contribution >= 0.6 is 11.6 Å². The molecule has 0 bridgehead atoms. The van der Waals surface area contributed by atoms with Crippen LogP contribution in [0.2, 0.25) is 5.15 Å². The lowest BCUT2D eigenvalue weighted by Crippen LogP contribution is -2.10. The second kappa shape index (κ2) is 4.18. The van der Waals surface area contributed by atoms with Gasteiger partial charge in [0.25, 0.3) is 5.56 Å². The number of esters is 1. The van der Waals surface area contributed by atoms with Crippen LogP contribution in [0.15, 0.2) is 16.9 Å². The van der Waals surface area contributed by atoms with Crippen LogP contribution in [0.5, 0.6) is 0 Å². The quantitative estimate of drug-likeness (QED) is 0.619. The van der Waals surface area contributed by atoms with Gasteiger partial charge in [-0.1, -0.05) is 11.6 Å². The molecule has 2 aromatic rings. The number of H-pyrrole nitrogens is 1. The minimum absolute atomic E-state index is 0.0517. The molecule has 5 nitrogen and oxygen atoms in total. The van der Waals surface area contributed by atoms with Gasteiger partial charge in [0.2, 0.25) is 0 Å². The van der Waals surface area contributed by atoms with E-state index >= 15 is 0 Å². The number of hydrogen-bond acceptors (Lipinski definition) is 4. The molecule has 88 valence electrons. The highest BCUT2D eigenvalue weighted by molar-refractivity contribution is 6.32. The highest BCUT2D eigenvalue weighted by Gasteiger charge is 2.14. The average Bonchev–Trinajstić information content (AvgIpc) is 2.30. The molecule has 2 heterocycles. The van der Waals surface area contributed by atoms with E-state index in [1.807, 2.05) is 0 Å². The maximum absolute atomic E-state index is 11.4. The van der Waals surface area contributed by atoms with Gasteiger partial charge < -0.3 is 9.72 Å². The smallest absolute Gasteiger partial charge is 0.341 e. The number of rotatable bonds is 1. The highest BCUT2D eigenvalue weighted by atomic mass is 35.5. The molecule has 0 aliphatic rings. The van der Waals surface area contributed by atoms with Crippen LogP contribution in [0, 0.1) is 6.92 Å². The molecular weight excluding hydrogens is 244 g/mol. The molecule has 0 aliphatic carbocycles. The fraction of sp³-hybridized carbons (Fsp3) is 0.182. The van der Waals surface area contributed by atoms with Gasteiger partial charge in [-0.15, -0.1) is 0 Å². The Labute approximate surface area is 101 Å². The Bertz CT molecular complexity index is 664. The Kier molecular flexibility index (Phi) is 2.85. The van der Waals surface area contributed by atoms with Crippen LogP contribution in [0.1, 0.15) is 15.9 Å². The lowest BCUT2D eigenvalue weighted by molar-refractivity contribution is 0.0600. The third-order valence-corrected chi connectivity index (χ3v) is 2.66. The third-order valence-electron chi connectivity index (χ3n) is 2.37. The Morgan fingerprint density at radius 1 is 1.47 bits per heavy atom. The van der Waals surface area contributed by atoms with Crippen molar-refractivity contribution in [1.29, 1.82) is 0 Å². The van der Waals surface area contributed by atoms with E-state index in [0.29, 0.717) is 16.6 Å². The Balaban J connectivity index is 2.76. The van der Waals surface area contributed by atoms with E-state index in [1.54, 1.807) is 13.0 Å². The minimum Gasteiger partial charge on any atom is -0.465 e. The first-order valence-corrected chi connectivity index (χ1v) is 5.19. The van der Waals surface area contributed by atoms with Crippen molar-refractivity contribution in [1.82, 2.24) is 9.97 Å². The van der Waals surface area contributed by atoms with Gasteiger partial charge in [0.1, 0.15) is 5.15 Å². The number of methoxy groups -OCH3 is 1. The lowest BCUT2D eigenvalue weighted by atomic mass is 10.2. The molecule has 0 saturated carbocycles. The zero-order chi connectivity index (χ0) is 12.6. The lowest BCUT2D eigenvalue weighted by Gasteiger charge is -2.04. The van der Waals surface area contributed by atoms with Crippen molar-refractivity contribution < 1.29 is 9.53 Å². The van der Waals surface area contributed by atoms with Crippen molar-refractivity contribution in [3.05, 3.63) is 38.8 Å². The van der Waals surface area contributed by atoms with E-state index in [9.17, 15) is 9.59 Å². The number of ether oxygens (including phenoxy) is 1. The zero-order valence-electron chi connectivity index (χ0n) is 9.20. The number of halogens is 1. The molecule has 0 amide bonds. The number of aromatic amines is 1. The van der Waals surface area contributed by atoms with Crippen molar-refractivity contribution in [2.45, 2.75) is 6.92 Å². The van der Waals surface area contributed by atoms with Crippen molar-refractivity contribution in [3.63, 3.8) is 0 Å². The number of carbonyl (C=O) groups is 1.